The quantitative estimate of drug-likeness (QED) is 0.549. The molecule has 0 aromatic heterocycles. The van der Waals surface area contributed by atoms with E-state index in [4.69, 9.17) is 4.74 Å². The molecule has 0 bridgehead atoms. The van der Waals surface area contributed by atoms with E-state index in [1.165, 1.54) is 13.8 Å². The van der Waals surface area contributed by atoms with Crippen molar-refractivity contribution < 1.29 is 23.9 Å². The molecule has 3 N–H and O–H groups in total. The van der Waals surface area contributed by atoms with E-state index >= 15 is 0 Å². The molecule has 8 heteroatoms. The Kier molecular flexibility index (Phi) is 7.40. The Morgan fingerprint density at radius 3 is 2.00 bits per heavy atom. The van der Waals surface area contributed by atoms with Crippen LogP contribution in [0.3, 0.4) is 0 Å². The van der Waals surface area contributed by atoms with E-state index in [-0.39, 0.29) is 19.0 Å². The van der Waals surface area contributed by atoms with Crippen molar-refractivity contribution in [2.24, 2.45) is 0 Å². The van der Waals surface area contributed by atoms with Gasteiger partial charge in [0, 0.05) is 6.92 Å². The lowest BCUT2D eigenvalue weighted by atomic mass is 10.2. The van der Waals surface area contributed by atoms with Crippen molar-refractivity contribution in [3.05, 3.63) is 0 Å². The monoisotopic (exact) mass is 301 g/mol. The molecular weight excluding hydrogens is 278 g/mol. The molecule has 8 nitrogen and oxygen atoms in total. The van der Waals surface area contributed by atoms with Gasteiger partial charge in [-0.1, -0.05) is 0 Å². The van der Waals surface area contributed by atoms with E-state index in [2.05, 4.69) is 16.0 Å². The number of carbonyl (C=O) groups is 4. The number of rotatable bonds is 6. The fraction of sp³-hybridized carbons (Fsp3) is 0.692. The summed E-state index contributed by atoms with van der Waals surface area (Å²) in [6, 6.07) is -0.816. The molecule has 0 aliphatic heterocycles. The van der Waals surface area contributed by atoms with Gasteiger partial charge in [-0.2, -0.15) is 0 Å². The first-order valence-electron chi connectivity index (χ1n) is 6.54. The molecule has 21 heavy (non-hydrogen) atoms. The minimum absolute atomic E-state index is 0.204. The largest absolute Gasteiger partial charge is 0.458 e. The van der Waals surface area contributed by atoms with Gasteiger partial charge in [-0.15, -0.1) is 0 Å². The zero-order valence-corrected chi connectivity index (χ0v) is 13.0. The number of amides is 3. The number of hydrogen-bond donors (Lipinski definition) is 3. The Balaban J connectivity index is 4.06. The summed E-state index contributed by atoms with van der Waals surface area (Å²) in [4.78, 5) is 45.0. The molecule has 0 rings (SSSR count). The average Bonchev–Trinajstić information content (AvgIpc) is 2.31. The first-order valence-corrected chi connectivity index (χ1v) is 6.54. The summed E-state index contributed by atoms with van der Waals surface area (Å²) in [5.41, 5.74) is -0.636. The van der Waals surface area contributed by atoms with Crippen LogP contribution in [0.25, 0.3) is 0 Å². The smallest absolute Gasteiger partial charge is 0.328 e. The minimum Gasteiger partial charge on any atom is -0.458 e. The predicted molar refractivity (Wildman–Crippen MR) is 75.1 cm³/mol. The lowest BCUT2D eigenvalue weighted by Crippen LogP contribution is -2.47. The highest BCUT2D eigenvalue weighted by atomic mass is 16.6. The van der Waals surface area contributed by atoms with E-state index in [1.54, 1.807) is 20.8 Å². The third kappa shape index (κ3) is 10.3. The topological polar surface area (TPSA) is 114 Å². The molecule has 0 aromatic rings. The number of ether oxygens (including phenoxy) is 1. The second kappa shape index (κ2) is 8.23. The summed E-state index contributed by atoms with van der Waals surface area (Å²) < 4.78 is 5.10. The van der Waals surface area contributed by atoms with Crippen molar-refractivity contribution in [1.29, 1.82) is 0 Å². The highest BCUT2D eigenvalue weighted by Crippen LogP contribution is 2.08. The molecule has 0 aliphatic rings. The molecule has 0 aromatic carbocycles. The van der Waals surface area contributed by atoms with Gasteiger partial charge in [-0.05, 0) is 27.7 Å². The zero-order chi connectivity index (χ0) is 16.6. The lowest BCUT2D eigenvalue weighted by molar-refractivity contribution is -0.158. The van der Waals surface area contributed by atoms with Crippen LogP contribution in [0.15, 0.2) is 0 Å². The van der Waals surface area contributed by atoms with Gasteiger partial charge < -0.3 is 20.7 Å². The van der Waals surface area contributed by atoms with E-state index in [0.29, 0.717) is 0 Å². The van der Waals surface area contributed by atoms with E-state index in [1.807, 2.05) is 0 Å². The molecule has 0 aliphatic carbocycles. The van der Waals surface area contributed by atoms with Crippen LogP contribution in [-0.4, -0.2) is 48.4 Å². The van der Waals surface area contributed by atoms with Crippen LogP contribution in [0.1, 0.15) is 34.6 Å². The van der Waals surface area contributed by atoms with Crippen molar-refractivity contribution in [3.63, 3.8) is 0 Å². The summed E-state index contributed by atoms with van der Waals surface area (Å²) in [5, 5.41) is 7.02. The summed E-state index contributed by atoms with van der Waals surface area (Å²) in [6.07, 6.45) is 0. The van der Waals surface area contributed by atoms with E-state index < -0.39 is 29.4 Å². The lowest BCUT2D eigenvalue weighted by Gasteiger charge is -2.22. The second-order valence-corrected chi connectivity index (χ2v) is 5.51. The van der Waals surface area contributed by atoms with Gasteiger partial charge in [0.1, 0.15) is 11.6 Å². The molecule has 0 saturated heterocycles. The van der Waals surface area contributed by atoms with Gasteiger partial charge in [0.2, 0.25) is 17.7 Å². The Labute approximate surface area is 124 Å². The maximum atomic E-state index is 11.6. The van der Waals surface area contributed by atoms with Crippen LogP contribution in [0.5, 0.6) is 0 Å². The minimum atomic E-state index is -0.816. The Hall–Kier alpha value is -2.12. The van der Waals surface area contributed by atoms with Gasteiger partial charge in [-0.3, -0.25) is 14.4 Å². The van der Waals surface area contributed by atoms with Crippen molar-refractivity contribution in [3.8, 4) is 0 Å². The van der Waals surface area contributed by atoms with Crippen LogP contribution in [0.2, 0.25) is 0 Å². The van der Waals surface area contributed by atoms with Gasteiger partial charge >= 0.3 is 5.97 Å². The van der Waals surface area contributed by atoms with Gasteiger partial charge in [0.05, 0.1) is 13.1 Å². The number of nitrogens with one attached hydrogen (secondary N) is 3. The van der Waals surface area contributed by atoms with E-state index in [0.717, 1.165) is 0 Å². The van der Waals surface area contributed by atoms with Crippen LogP contribution >= 0.6 is 0 Å². The molecule has 0 saturated carbocycles. The summed E-state index contributed by atoms with van der Waals surface area (Å²) >= 11 is 0. The highest BCUT2D eigenvalue weighted by Gasteiger charge is 2.22. The molecular formula is C13H23N3O5. The number of hydrogen-bond acceptors (Lipinski definition) is 5. The van der Waals surface area contributed by atoms with Crippen LogP contribution < -0.4 is 16.0 Å². The maximum absolute atomic E-state index is 11.6. The van der Waals surface area contributed by atoms with Crippen molar-refractivity contribution in [1.82, 2.24) is 16.0 Å². The molecule has 0 unspecified atom stereocenters. The Bertz CT molecular complexity index is 415. The summed E-state index contributed by atoms with van der Waals surface area (Å²) in [7, 11) is 0. The molecule has 0 fully saturated rings. The normalized spacial score (nSPS) is 12.0. The number of carbonyl (C=O) groups excluding carboxylic acids is 4. The van der Waals surface area contributed by atoms with Gasteiger partial charge in [0.15, 0.2) is 0 Å². The third-order valence-corrected chi connectivity index (χ3v) is 2.08. The molecule has 120 valence electrons. The first kappa shape index (κ1) is 18.9. The molecule has 1 atom stereocenters. The van der Waals surface area contributed by atoms with Gasteiger partial charge in [0.25, 0.3) is 0 Å². The van der Waals surface area contributed by atoms with Crippen molar-refractivity contribution in [2.45, 2.75) is 46.3 Å². The van der Waals surface area contributed by atoms with Crippen LogP contribution in [0.4, 0.5) is 0 Å². The van der Waals surface area contributed by atoms with E-state index in [9.17, 15) is 19.2 Å². The zero-order valence-electron chi connectivity index (χ0n) is 13.0. The Morgan fingerprint density at radius 1 is 1.00 bits per heavy atom. The van der Waals surface area contributed by atoms with Crippen molar-refractivity contribution >= 4 is 23.7 Å². The third-order valence-electron chi connectivity index (χ3n) is 2.08. The standard InChI is InChI=1S/C13H23N3O5/c1-8(12(20)21-13(3,4)5)16-11(19)7-15-10(18)6-14-9(2)17/h8H,6-7H2,1-5H3,(H,14,17)(H,15,18)(H,16,19)/t8-/m0/s1. The maximum Gasteiger partial charge on any atom is 0.328 e. The Morgan fingerprint density at radius 2 is 1.52 bits per heavy atom. The number of esters is 1. The SMILES string of the molecule is CC(=O)NCC(=O)NCC(=O)N[C@@H](C)C(=O)OC(C)(C)C. The predicted octanol–water partition coefficient (Wildman–Crippen LogP) is -0.915. The fourth-order valence-electron chi connectivity index (χ4n) is 1.19. The molecule has 0 radical (unpaired) electrons. The first-order chi connectivity index (χ1) is 9.51. The van der Waals surface area contributed by atoms with Crippen LogP contribution in [-0.2, 0) is 23.9 Å². The highest BCUT2D eigenvalue weighted by molar-refractivity contribution is 5.89. The van der Waals surface area contributed by atoms with Crippen molar-refractivity contribution in [2.75, 3.05) is 13.1 Å². The fourth-order valence-corrected chi connectivity index (χ4v) is 1.19. The summed E-state index contributed by atoms with van der Waals surface area (Å²) in [5.74, 6) is -1.91. The average molecular weight is 301 g/mol. The molecule has 0 spiro atoms. The van der Waals surface area contributed by atoms with Crippen LogP contribution in [0, 0.1) is 0 Å². The summed E-state index contributed by atoms with van der Waals surface area (Å²) in [6.45, 7) is 7.45. The second-order valence-electron chi connectivity index (χ2n) is 5.51. The molecule has 3 amide bonds. The molecule has 0 heterocycles. The van der Waals surface area contributed by atoms with Gasteiger partial charge in [-0.25, -0.2) is 4.79 Å².